The number of hydrogen-bond acceptors (Lipinski definition) is 4. The molecule has 0 aliphatic carbocycles. The van der Waals surface area contributed by atoms with Gasteiger partial charge in [0.15, 0.2) is 0 Å². The maximum Gasteiger partial charge on any atom is 0.304 e. The average molecular weight is 638 g/mol. The van der Waals surface area contributed by atoms with Gasteiger partial charge in [-0.3, -0.25) is 9.59 Å². The first-order valence-corrected chi connectivity index (χ1v) is 15.5. The minimum Gasteiger partial charge on any atom is -0.352 e. The lowest BCUT2D eigenvalue weighted by Crippen LogP contribution is -2.55. The molecule has 12 heteroatoms. The van der Waals surface area contributed by atoms with E-state index in [4.69, 9.17) is 23.2 Å². The van der Waals surface area contributed by atoms with Crippen LogP contribution >= 0.6 is 23.2 Å². The van der Waals surface area contributed by atoms with Gasteiger partial charge < -0.3 is 10.2 Å². The number of nitrogens with zero attached hydrogens (tertiary/aromatic N) is 3. The van der Waals surface area contributed by atoms with Crippen molar-refractivity contribution in [3.05, 3.63) is 99.8 Å². The molecule has 0 aromatic heterocycles. The fourth-order valence-corrected chi connectivity index (χ4v) is 5.75. The Labute approximate surface area is 257 Å². The average Bonchev–Trinajstić information content (AvgIpc) is 2.95. The topological polar surface area (TPSA) is 90.0 Å². The SMILES string of the molecule is CC[C@H](C)NC(=O)[C@@H](Cc1ccccc1)N(Cc1c(Cl)cccc1Cl)C(=O)CN(c1ccc(F)cc1)S(=O)(=O)N(C)C. The second-order valence-corrected chi connectivity index (χ2v) is 12.9. The first kappa shape index (κ1) is 33.3. The molecule has 3 aromatic rings. The zero-order valence-corrected chi connectivity index (χ0v) is 26.3. The van der Waals surface area contributed by atoms with Crippen molar-refractivity contribution in [1.29, 1.82) is 0 Å². The third-order valence-electron chi connectivity index (χ3n) is 6.80. The summed E-state index contributed by atoms with van der Waals surface area (Å²) < 4.78 is 42.3. The van der Waals surface area contributed by atoms with E-state index in [1.165, 1.54) is 31.1 Å². The molecule has 0 fully saturated rings. The highest BCUT2D eigenvalue weighted by molar-refractivity contribution is 7.90. The van der Waals surface area contributed by atoms with E-state index in [1.54, 1.807) is 18.2 Å². The van der Waals surface area contributed by atoms with Crippen LogP contribution in [-0.2, 0) is 32.8 Å². The summed E-state index contributed by atoms with van der Waals surface area (Å²) in [5.74, 6) is -1.65. The Bertz CT molecular complexity index is 1450. The van der Waals surface area contributed by atoms with Crippen LogP contribution in [0.2, 0.25) is 10.0 Å². The van der Waals surface area contributed by atoms with Crippen molar-refractivity contribution >= 4 is 50.9 Å². The molecule has 0 unspecified atom stereocenters. The molecular formula is C30H35Cl2FN4O4S. The van der Waals surface area contributed by atoms with Gasteiger partial charge in [-0.1, -0.05) is 66.5 Å². The van der Waals surface area contributed by atoms with Crippen LogP contribution in [0.15, 0.2) is 72.8 Å². The fourth-order valence-electron chi connectivity index (χ4n) is 4.17. The van der Waals surface area contributed by atoms with Crippen LogP contribution < -0.4 is 9.62 Å². The predicted molar refractivity (Wildman–Crippen MR) is 165 cm³/mol. The van der Waals surface area contributed by atoms with Gasteiger partial charge in [-0.05, 0) is 55.3 Å². The number of nitrogens with one attached hydrogen (secondary N) is 1. The Morgan fingerprint density at radius 1 is 0.929 bits per heavy atom. The van der Waals surface area contributed by atoms with E-state index in [0.29, 0.717) is 12.0 Å². The number of carbonyl (C=O) groups is 2. The second-order valence-electron chi connectivity index (χ2n) is 10.0. The van der Waals surface area contributed by atoms with Gasteiger partial charge in [0, 0.05) is 48.7 Å². The lowest BCUT2D eigenvalue weighted by atomic mass is 10.0. The zero-order valence-electron chi connectivity index (χ0n) is 23.9. The standard InChI is InChI=1S/C30H35Cl2FN4O4S/c1-5-21(2)34-30(39)28(18-22-10-7-6-8-11-22)36(19-25-26(31)12-9-13-27(25)32)29(38)20-37(42(40,41)35(3)4)24-16-14-23(33)15-17-24/h6-17,21,28H,5,18-20H2,1-4H3,(H,34,39)/t21-,28+/m0/s1. The van der Waals surface area contributed by atoms with E-state index in [2.05, 4.69) is 5.32 Å². The summed E-state index contributed by atoms with van der Waals surface area (Å²) in [6.45, 7) is 2.95. The number of hydrogen-bond donors (Lipinski definition) is 1. The van der Waals surface area contributed by atoms with Crippen LogP contribution in [0.1, 0.15) is 31.4 Å². The van der Waals surface area contributed by atoms with Crippen molar-refractivity contribution in [1.82, 2.24) is 14.5 Å². The van der Waals surface area contributed by atoms with E-state index >= 15 is 0 Å². The molecule has 0 radical (unpaired) electrons. The Morgan fingerprint density at radius 3 is 2.07 bits per heavy atom. The highest BCUT2D eigenvalue weighted by Gasteiger charge is 2.35. The smallest absolute Gasteiger partial charge is 0.304 e. The minimum atomic E-state index is -4.21. The molecule has 0 saturated carbocycles. The Balaban J connectivity index is 2.14. The number of halogens is 3. The zero-order chi connectivity index (χ0) is 31.0. The van der Waals surface area contributed by atoms with Crippen LogP contribution in [0.4, 0.5) is 10.1 Å². The van der Waals surface area contributed by atoms with E-state index in [-0.39, 0.29) is 34.7 Å². The number of benzene rings is 3. The maximum absolute atomic E-state index is 14.2. The number of rotatable bonds is 13. The Morgan fingerprint density at radius 2 is 1.52 bits per heavy atom. The molecular weight excluding hydrogens is 602 g/mol. The molecule has 0 aliphatic heterocycles. The summed E-state index contributed by atoms with van der Waals surface area (Å²) in [7, 11) is -1.55. The van der Waals surface area contributed by atoms with Crippen LogP contribution in [0.5, 0.6) is 0 Å². The van der Waals surface area contributed by atoms with Crippen molar-refractivity contribution in [3.63, 3.8) is 0 Å². The summed E-state index contributed by atoms with van der Waals surface area (Å²) >= 11 is 13.0. The summed E-state index contributed by atoms with van der Waals surface area (Å²) in [6, 6.07) is 17.6. The first-order chi connectivity index (χ1) is 19.8. The summed E-state index contributed by atoms with van der Waals surface area (Å²) in [6.07, 6.45) is 0.807. The third kappa shape index (κ3) is 8.44. The minimum absolute atomic E-state index is 0.0813. The van der Waals surface area contributed by atoms with Gasteiger partial charge in [0.25, 0.3) is 0 Å². The molecule has 2 atom stereocenters. The lowest BCUT2D eigenvalue weighted by molar-refractivity contribution is -0.140. The number of amides is 2. The Kier molecular flexibility index (Phi) is 11.8. The van der Waals surface area contributed by atoms with Crippen LogP contribution in [-0.4, -0.2) is 62.2 Å². The van der Waals surface area contributed by atoms with Gasteiger partial charge in [0.1, 0.15) is 18.4 Å². The number of anilines is 1. The van der Waals surface area contributed by atoms with Crippen molar-refractivity contribution in [3.8, 4) is 0 Å². The molecule has 0 spiro atoms. The monoisotopic (exact) mass is 636 g/mol. The molecule has 1 N–H and O–H groups in total. The second kappa shape index (κ2) is 14.8. The predicted octanol–water partition coefficient (Wildman–Crippen LogP) is 5.30. The summed E-state index contributed by atoms with van der Waals surface area (Å²) in [5.41, 5.74) is 1.28. The van der Waals surface area contributed by atoms with Crippen LogP contribution in [0.25, 0.3) is 0 Å². The third-order valence-corrected chi connectivity index (χ3v) is 9.32. The van der Waals surface area contributed by atoms with Crippen molar-refractivity contribution in [2.75, 3.05) is 24.9 Å². The maximum atomic E-state index is 14.2. The molecule has 3 aromatic carbocycles. The molecule has 3 rings (SSSR count). The lowest BCUT2D eigenvalue weighted by Gasteiger charge is -2.35. The number of carbonyl (C=O) groups excluding carboxylic acids is 2. The fraction of sp³-hybridized carbons (Fsp3) is 0.333. The quantitative estimate of drug-likeness (QED) is 0.276. The van der Waals surface area contributed by atoms with Crippen molar-refractivity contribution in [2.24, 2.45) is 0 Å². The highest BCUT2D eigenvalue weighted by atomic mass is 35.5. The Hall–Kier alpha value is -3.18. The van der Waals surface area contributed by atoms with Gasteiger partial charge in [0.2, 0.25) is 11.8 Å². The molecule has 2 amide bonds. The van der Waals surface area contributed by atoms with Crippen LogP contribution in [0, 0.1) is 5.82 Å². The van der Waals surface area contributed by atoms with Gasteiger partial charge in [-0.25, -0.2) is 8.70 Å². The van der Waals surface area contributed by atoms with E-state index in [1.807, 2.05) is 44.2 Å². The van der Waals surface area contributed by atoms with Crippen molar-refractivity contribution < 1.29 is 22.4 Å². The van der Waals surface area contributed by atoms with E-state index in [9.17, 15) is 22.4 Å². The van der Waals surface area contributed by atoms with Gasteiger partial charge in [-0.15, -0.1) is 0 Å². The summed E-state index contributed by atoms with van der Waals surface area (Å²) in [5, 5.41) is 3.54. The molecule has 0 saturated heterocycles. The highest BCUT2D eigenvalue weighted by Crippen LogP contribution is 2.28. The van der Waals surface area contributed by atoms with Gasteiger partial charge in [0.05, 0.1) is 5.69 Å². The van der Waals surface area contributed by atoms with Crippen LogP contribution in [0.3, 0.4) is 0 Å². The molecule has 8 nitrogen and oxygen atoms in total. The molecule has 0 heterocycles. The summed E-state index contributed by atoms with van der Waals surface area (Å²) in [4.78, 5) is 29.3. The first-order valence-electron chi connectivity index (χ1n) is 13.4. The van der Waals surface area contributed by atoms with Gasteiger partial charge in [-0.2, -0.15) is 12.7 Å². The van der Waals surface area contributed by atoms with E-state index < -0.39 is 40.4 Å². The van der Waals surface area contributed by atoms with Crippen molar-refractivity contribution in [2.45, 2.75) is 45.3 Å². The van der Waals surface area contributed by atoms with Gasteiger partial charge >= 0.3 is 10.2 Å². The molecule has 42 heavy (non-hydrogen) atoms. The molecule has 226 valence electrons. The van der Waals surface area contributed by atoms with E-state index in [0.717, 1.165) is 26.3 Å². The molecule has 0 bridgehead atoms. The normalized spacial score (nSPS) is 13.0. The molecule has 0 aliphatic rings. The largest absolute Gasteiger partial charge is 0.352 e.